The van der Waals surface area contributed by atoms with E-state index >= 15 is 0 Å². The SMILES string of the molecule is CC(C)(C)c1cc(C=[N+]2[Co][N+](=Cc3cc(C(C)(C)C)cc(C(C)(C)C)c3O)[C@@H]3CCCC[C@H]32)c(O)c(C(C)(C)C)c1.[Cl-]. The van der Waals surface area contributed by atoms with Gasteiger partial charge in [-0.1, -0.05) is 0 Å². The zero-order valence-electron chi connectivity index (χ0n) is 27.9. The van der Waals surface area contributed by atoms with E-state index in [-0.39, 0.29) is 34.1 Å². The van der Waals surface area contributed by atoms with Crippen LogP contribution in [0.2, 0.25) is 0 Å². The van der Waals surface area contributed by atoms with Crippen LogP contribution < -0.4 is 12.4 Å². The molecule has 1 saturated heterocycles. The average Bonchev–Trinajstić information content (AvgIpc) is 3.15. The minimum absolute atomic E-state index is 0. The molecule has 2 atom stereocenters. The Bertz CT molecular complexity index is 1280. The maximum atomic E-state index is 11.5. The van der Waals surface area contributed by atoms with E-state index in [0.717, 1.165) is 50.2 Å². The summed E-state index contributed by atoms with van der Waals surface area (Å²) in [5, 5.41) is 23.0. The number of nitrogens with zero attached hydrogens (tertiary/aromatic N) is 2. The van der Waals surface area contributed by atoms with E-state index in [4.69, 9.17) is 0 Å². The van der Waals surface area contributed by atoms with Gasteiger partial charge in [0.2, 0.25) is 0 Å². The van der Waals surface area contributed by atoms with Gasteiger partial charge in [-0.2, -0.15) is 0 Å². The summed E-state index contributed by atoms with van der Waals surface area (Å²) in [5.74, 6) is 0.778. The van der Waals surface area contributed by atoms with Crippen LogP contribution in [-0.4, -0.2) is 42.0 Å². The summed E-state index contributed by atoms with van der Waals surface area (Å²) >= 11 is 1.10. The summed E-state index contributed by atoms with van der Waals surface area (Å²) in [6.45, 7) is 26.4. The van der Waals surface area contributed by atoms with Gasteiger partial charge in [-0.25, -0.2) is 0 Å². The van der Waals surface area contributed by atoms with Crippen molar-refractivity contribution >= 4 is 12.4 Å². The van der Waals surface area contributed by atoms with Gasteiger partial charge in [0.15, 0.2) is 0 Å². The number of rotatable bonds is 2. The van der Waals surface area contributed by atoms with Gasteiger partial charge < -0.3 is 12.4 Å². The Balaban J connectivity index is 0.00000484. The molecule has 2 aliphatic rings. The molecule has 2 N–H and O–H groups in total. The van der Waals surface area contributed by atoms with E-state index in [9.17, 15) is 10.2 Å². The van der Waals surface area contributed by atoms with Crippen LogP contribution in [0.5, 0.6) is 11.5 Å². The first-order valence-corrected chi connectivity index (χ1v) is 16.2. The molecule has 0 spiro atoms. The Morgan fingerprint density at radius 1 is 0.595 bits per heavy atom. The van der Waals surface area contributed by atoms with Crippen LogP contribution >= 0.6 is 0 Å². The van der Waals surface area contributed by atoms with Crippen molar-refractivity contribution in [2.45, 2.75) is 143 Å². The number of hydrogen-bond donors (Lipinski definition) is 2. The quantitative estimate of drug-likeness (QED) is 0.481. The molecular formula is C36H54ClCoN2O2+. The van der Waals surface area contributed by atoms with E-state index in [2.05, 4.69) is 127 Å². The van der Waals surface area contributed by atoms with Gasteiger partial charge in [0.25, 0.3) is 0 Å². The fraction of sp³-hybridized carbons (Fsp3) is 0.611. The molecule has 235 valence electrons. The Morgan fingerprint density at radius 3 is 1.21 bits per heavy atom. The normalized spacial score (nSPS) is 22.1. The summed E-state index contributed by atoms with van der Waals surface area (Å²) in [4.78, 5) is 0. The van der Waals surface area contributed by atoms with Crippen LogP contribution in [0.3, 0.4) is 0 Å². The summed E-state index contributed by atoms with van der Waals surface area (Å²) in [5.41, 5.74) is 5.89. The maximum absolute atomic E-state index is 11.5. The molecule has 0 aromatic heterocycles. The third-order valence-corrected chi connectivity index (χ3v) is 10.0. The molecule has 2 aromatic rings. The number of aromatic hydroxyl groups is 2. The van der Waals surface area contributed by atoms with E-state index < -0.39 is 0 Å². The summed E-state index contributed by atoms with van der Waals surface area (Å²) < 4.78 is 4.83. The Morgan fingerprint density at radius 2 is 0.929 bits per heavy atom. The van der Waals surface area contributed by atoms with Crippen LogP contribution in [-0.2, 0) is 36.8 Å². The van der Waals surface area contributed by atoms with Crippen LogP contribution in [0, 0.1) is 0 Å². The van der Waals surface area contributed by atoms with Gasteiger partial charge >= 0.3 is 257 Å². The second-order valence-electron chi connectivity index (χ2n) is 16.3. The van der Waals surface area contributed by atoms with Gasteiger partial charge in [-0.15, -0.1) is 0 Å². The molecule has 6 heteroatoms. The minimum Gasteiger partial charge on any atom is -1.00 e. The fourth-order valence-corrected chi connectivity index (χ4v) is 7.45. The molecule has 42 heavy (non-hydrogen) atoms. The minimum atomic E-state index is -0.163. The van der Waals surface area contributed by atoms with Crippen LogP contribution in [0.25, 0.3) is 0 Å². The number of halogens is 1. The van der Waals surface area contributed by atoms with Crippen LogP contribution in [0.1, 0.15) is 142 Å². The van der Waals surface area contributed by atoms with Crippen molar-refractivity contribution in [3.8, 4) is 11.5 Å². The number of hydrogen-bond acceptors (Lipinski definition) is 2. The number of fused-ring (bicyclic) bond motifs is 1. The van der Waals surface area contributed by atoms with Gasteiger partial charge in [-0.05, 0) is 0 Å². The maximum Gasteiger partial charge on any atom is -1.00 e. The molecule has 1 saturated carbocycles. The standard InChI is InChI=1S/C36H54N2O2.ClH.Co/c1-33(2,3)25-17-23(31(39)27(19-25)35(7,8)9)21-37-29-15-13-14-16-30(29)38-22-24-18-26(34(4,5)6)20-28(32(24)40)36(10,11)12;;/h17-22,29-30,39-40H,13-16H2,1-12H3;1H;/q;;+2/p-1/t29-,30-;;/m1../s1. The summed E-state index contributed by atoms with van der Waals surface area (Å²) in [6.07, 6.45) is 9.09. The molecule has 1 aliphatic carbocycles. The van der Waals surface area contributed by atoms with Gasteiger partial charge in [0, 0.05) is 0 Å². The first-order valence-electron chi connectivity index (χ1n) is 15.3. The average molecular weight is 641 g/mol. The van der Waals surface area contributed by atoms with Crippen molar-refractivity contribution in [1.29, 1.82) is 0 Å². The van der Waals surface area contributed by atoms with Crippen molar-refractivity contribution in [3.05, 3.63) is 57.6 Å². The van der Waals surface area contributed by atoms with Crippen molar-refractivity contribution in [1.82, 2.24) is 0 Å². The molecule has 1 heterocycles. The molecule has 0 unspecified atom stereocenters. The Kier molecular flexibility index (Phi) is 9.85. The van der Waals surface area contributed by atoms with Crippen molar-refractivity contribution < 1.29 is 45.0 Å². The van der Waals surface area contributed by atoms with Crippen molar-refractivity contribution in [2.24, 2.45) is 0 Å². The topological polar surface area (TPSA) is 46.5 Å². The molecule has 1 aliphatic heterocycles. The van der Waals surface area contributed by atoms with Crippen LogP contribution in [0.4, 0.5) is 0 Å². The monoisotopic (exact) mass is 640 g/mol. The van der Waals surface area contributed by atoms with Crippen LogP contribution in [0.15, 0.2) is 24.3 Å². The number of benzene rings is 2. The third-order valence-electron chi connectivity index (χ3n) is 8.59. The summed E-state index contributed by atoms with van der Waals surface area (Å²) in [6, 6.07) is 9.47. The third kappa shape index (κ3) is 7.27. The first kappa shape index (κ1) is 34.7. The van der Waals surface area contributed by atoms with Gasteiger partial charge in [0.05, 0.1) is 0 Å². The molecule has 0 radical (unpaired) electrons. The Hall–Kier alpha value is -1.82. The Labute approximate surface area is 268 Å². The zero-order valence-corrected chi connectivity index (χ0v) is 29.7. The predicted molar refractivity (Wildman–Crippen MR) is 168 cm³/mol. The summed E-state index contributed by atoms with van der Waals surface area (Å²) in [7, 11) is 0. The van der Waals surface area contributed by atoms with Gasteiger partial charge in [0.1, 0.15) is 0 Å². The zero-order chi connectivity index (χ0) is 30.7. The molecule has 4 rings (SSSR count). The number of phenols is 2. The molecule has 2 aromatic carbocycles. The fourth-order valence-electron chi connectivity index (χ4n) is 5.83. The molecule has 2 fully saturated rings. The smallest absolute Gasteiger partial charge is 1.00 e. The van der Waals surface area contributed by atoms with E-state index in [1.807, 2.05) is 0 Å². The van der Waals surface area contributed by atoms with Crippen molar-refractivity contribution in [2.75, 3.05) is 0 Å². The van der Waals surface area contributed by atoms with E-state index in [1.165, 1.54) is 24.0 Å². The molecule has 4 nitrogen and oxygen atoms in total. The second-order valence-corrected chi connectivity index (χ2v) is 17.6. The largest absolute Gasteiger partial charge is 1.00 e. The van der Waals surface area contributed by atoms with E-state index in [0.29, 0.717) is 23.6 Å². The van der Waals surface area contributed by atoms with Crippen molar-refractivity contribution in [3.63, 3.8) is 0 Å². The van der Waals surface area contributed by atoms with Gasteiger partial charge in [-0.3, -0.25) is 0 Å². The van der Waals surface area contributed by atoms with E-state index in [1.54, 1.807) is 0 Å². The molecule has 0 bridgehead atoms. The molecule has 0 amide bonds. The first-order chi connectivity index (χ1) is 18.7. The second kappa shape index (κ2) is 11.9. The predicted octanol–water partition coefficient (Wildman–Crippen LogP) is 5.09. The molecular weight excluding hydrogens is 587 g/mol. The number of phenolic OH excluding ortho intramolecular Hbond substituents is 2.